The van der Waals surface area contributed by atoms with Gasteiger partial charge in [0, 0.05) is 51.0 Å². The summed E-state index contributed by atoms with van der Waals surface area (Å²) in [6.07, 6.45) is 2.97. The third kappa shape index (κ3) is 4.56. The van der Waals surface area contributed by atoms with Crippen LogP contribution in [0.1, 0.15) is 29.6 Å². The minimum atomic E-state index is -1.81. The van der Waals surface area contributed by atoms with Crippen LogP contribution < -0.4 is 14.5 Å². The summed E-state index contributed by atoms with van der Waals surface area (Å²) in [6, 6.07) is 4.82. The van der Waals surface area contributed by atoms with Crippen molar-refractivity contribution in [2.45, 2.75) is 19.3 Å². The molecular weight excluding hydrogens is 472 g/mol. The van der Waals surface area contributed by atoms with E-state index in [9.17, 15) is 32.5 Å². The van der Waals surface area contributed by atoms with Crippen LogP contribution in [-0.2, 0) is 0 Å². The van der Waals surface area contributed by atoms with Crippen molar-refractivity contribution >= 4 is 23.0 Å². The van der Waals surface area contributed by atoms with Crippen LogP contribution in [0.3, 0.4) is 0 Å². The van der Waals surface area contributed by atoms with Crippen LogP contribution in [0.5, 0.6) is 5.75 Å². The summed E-state index contributed by atoms with van der Waals surface area (Å²) in [5.41, 5.74) is -0.0582. The first-order valence-electron chi connectivity index (χ1n) is 11.2. The van der Waals surface area contributed by atoms with Gasteiger partial charge < -0.3 is 19.4 Å². The summed E-state index contributed by atoms with van der Waals surface area (Å²) >= 11 is 0. The van der Waals surface area contributed by atoms with Gasteiger partial charge in [-0.1, -0.05) is 0 Å². The van der Waals surface area contributed by atoms with E-state index >= 15 is 0 Å². The maximum atomic E-state index is 14.4. The van der Waals surface area contributed by atoms with Gasteiger partial charge in [0.15, 0.2) is 17.4 Å². The van der Waals surface area contributed by atoms with Gasteiger partial charge in [0.2, 0.25) is 11.6 Å². The molecule has 0 N–H and O–H groups in total. The topological polar surface area (TPSA) is 79.2 Å². The molecule has 0 aliphatic carbocycles. The molecule has 35 heavy (non-hydrogen) atoms. The summed E-state index contributed by atoms with van der Waals surface area (Å²) < 4.78 is 61.2. The van der Waals surface area contributed by atoms with E-state index in [-0.39, 0.29) is 31.9 Å². The molecule has 0 radical (unpaired) electrons. The fourth-order valence-electron chi connectivity index (χ4n) is 4.56. The molecular formula is C23H24F4N4O4. The summed E-state index contributed by atoms with van der Waals surface area (Å²) in [4.78, 5) is 28.9. The van der Waals surface area contributed by atoms with Gasteiger partial charge in [0.25, 0.3) is 11.6 Å². The van der Waals surface area contributed by atoms with Crippen LogP contribution in [0.2, 0.25) is 0 Å². The Morgan fingerprint density at radius 2 is 1.49 bits per heavy atom. The lowest BCUT2D eigenvalue weighted by molar-refractivity contribution is -0.384. The van der Waals surface area contributed by atoms with Crippen LogP contribution in [0, 0.1) is 33.4 Å². The average molecular weight is 496 g/mol. The largest absolute Gasteiger partial charge is 0.491 e. The molecule has 188 valence electrons. The molecule has 2 aromatic carbocycles. The first kappa shape index (κ1) is 24.6. The van der Waals surface area contributed by atoms with Gasteiger partial charge in [-0.15, -0.1) is 0 Å². The predicted molar refractivity (Wildman–Crippen MR) is 120 cm³/mol. The number of nitrogens with zero attached hydrogens (tertiary/aromatic N) is 4. The van der Waals surface area contributed by atoms with Crippen LogP contribution in [0.4, 0.5) is 34.6 Å². The molecule has 4 rings (SSSR count). The molecule has 0 atom stereocenters. The molecule has 0 saturated carbocycles. The maximum Gasteiger partial charge on any atom is 0.292 e. The lowest BCUT2D eigenvalue weighted by Gasteiger charge is -2.37. The van der Waals surface area contributed by atoms with Crippen LogP contribution in [-0.4, -0.2) is 62.1 Å². The Balaban J connectivity index is 1.52. The molecule has 2 fully saturated rings. The molecule has 0 bridgehead atoms. The van der Waals surface area contributed by atoms with E-state index in [4.69, 9.17) is 0 Å². The highest BCUT2D eigenvalue weighted by Gasteiger charge is 2.34. The molecule has 1 amide bonds. The molecule has 8 nitrogen and oxygen atoms in total. The van der Waals surface area contributed by atoms with Crippen molar-refractivity contribution in [1.29, 1.82) is 0 Å². The van der Waals surface area contributed by atoms with E-state index < -0.39 is 45.4 Å². The number of rotatable bonds is 5. The molecule has 2 saturated heterocycles. The number of piperazine rings is 1. The van der Waals surface area contributed by atoms with E-state index in [0.717, 1.165) is 44.4 Å². The fraction of sp³-hybridized carbons (Fsp3) is 0.435. The highest BCUT2D eigenvalue weighted by Crippen LogP contribution is 2.35. The molecule has 0 spiro atoms. The Labute approximate surface area is 198 Å². The Bertz CT molecular complexity index is 1120. The Kier molecular flexibility index (Phi) is 6.99. The minimum Gasteiger partial charge on any atom is -0.491 e. The molecule has 0 aromatic heterocycles. The van der Waals surface area contributed by atoms with Gasteiger partial charge >= 0.3 is 0 Å². The van der Waals surface area contributed by atoms with Gasteiger partial charge in [-0.2, -0.15) is 8.78 Å². The number of carbonyl (C=O) groups is 1. The van der Waals surface area contributed by atoms with Gasteiger partial charge in [0.1, 0.15) is 11.3 Å². The van der Waals surface area contributed by atoms with E-state index in [1.54, 1.807) is 12.1 Å². The lowest BCUT2D eigenvalue weighted by atomic mass is 10.1. The van der Waals surface area contributed by atoms with Crippen LogP contribution >= 0.6 is 0 Å². The highest BCUT2D eigenvalue weighted by molar-refractivity contribution is 5.95. The molecule has 2 aromatic rings. The van der Waals surface area contributed by atoms with Gasteiger partial charge in [-0.05, 0) is 31.4 Å². The van der Waals surface area contributed by atoms with Crippen molar-refractivity contribution < 1.29 is 32.0 Å². The second kappa shape index (κ2) is 9.96. The van der Waals surface area contributed by atoms with E-state index in [2.05, 4.69) is 4.74 Å². The third-order valence-electron chi connectivity index (χ3n) is 6.43. The van der Waals surface area contributed by atoms with Crippen LogP contribution in [0.25, 0.3) is 0 Å². The highest BCUT2D eigenvalue weighted by atomic mass is 19.2. The first-order valence-corrected chi connectivity index (χ1v) is 11.2. The summed E-state index contributed by atoms with van der Waals surface area (Å²) in [6.45, 7) is 2.02. The zero-order valence-corrected chi connectivity index (χ0v) is 19.0. The zero-order valence-electron chi connectivity index (χ0n) is 19.0. The SMILES string of the molecule is COc1c(F)c(F)c(C(=O)N2CCN(c3ccc([N+](=O)[O-])c(N4CCCCC4)c3)CC2)c(F)c1F. The standard InChI is InChI=1S/C23H24F4N4O4/c1-35-22-20(26)18(24)17(19(25)21(22)27)23(32)30-11-9-28(10-12-30)14-5-6-15(31(33)34)16(13-14)29-7-3-2-4-8-29/h5-6,13H,2-4,7-12H2,1H3. The van der Waals surface area contributed by atoms with E-state index in [1.807, 2.05) is 9.80 Å². The van der Waals surface area contributed by atoms with Crippen molar-refractivity contribution in [3.05, 3.63) is 57.1 Å². The minimum absolute atomic E-state index is 0.0129. The Morgan fingerprint density at radius 3 is 2.03 bits per heavy atom. The fourth-order valence-corrected chi connectivity index (χ4v) is 4.56. The molecule has 2 aliphatic heterocycles. The first-order chi connectivity index (χ1) is 16.7. The second-order valence-electron chi connectivity index (χ2n) is 8.42. The number of hydrogen-bond donors (Lipinski definition) is 0. The second-order valence-corrected chi connectivity index (χ2v) is 8.42. The van der Waals surface area contributed by atoms with Gasteiger partial charge in [-0.25, -0.2) is 8.78 Å². The number of hydrogen-bond acceptors (Lipinski definition) is 6. The molecule has 12 heteroatoms. The summed E-state index contributed by atoms with van der Waals surface area (Å²) in [7, 11) is 0.857. The molecule has 0 unspecified atom stereocenters. The third-order valence-corrected chi connectivity index (χ3v) is 6.43. The number of halogens is 4. The van der Waals surface area contributed by atoms with Crippen molar-refractivity contribution in [1.82, 2.24) is 4.90 Å². The number of methoxy groups -OCH3 is 1. The molecule has 2 aliphatic rings. The van der Waals surface area contributed by atoms with Gasteiger partial charge in [-0.3, -0.25) is 14.9 Å². The van der Waals surface area contributed by atoms with E-state index in [0.29, 0.717) is 11.4 Å². The van der Waals surface area contributed by atoms with Crippen molar-refractivity contribution in [2.24, 2.45) is 0 Å². The number of nitro benzene ring substituents is 1. The Hall–Kier alpha value is -3.57. The number of ether oxygens (including phenoxy) is 1. The number of nitro groups is 1. The number of benzene rings is 2. The smallest absolute Gasteiger partial charge is 0.292 e. The van der Waals surface area contributed by atoms with Crippen molar-refractivity contribution in [3.8, 4) is 5.75 Å². The van der Waals surface area contributed by atoms with Crippen molar-refractivity contribution in [2.75, 3.05) is 56.2 Å². The number of carbonyl (C=O) groups excluding carboxylic acids is 1. The quantitative estimate of drug-likeness (QED) is 0.268. The average Bonchev–Trinajstić information content (AvgIpc) is 2.88. The predicted octanol–water partition coefficient (Wildman–Crippen LogP) is 4.11. The monoisotopic (exact) mass is 496 g/mol. The van der Waals surface area contributed by atoms with Crippen LogP contribution in [0.15, 0.2) is 18.2 Å². The Morgan fingerprint density at radius 1 is 0.886 bits per heavy atom. The zero-order chi connectivity index (χ0) is 25.3. The normalized spacial score (nSPS) is 16.4. The van der Waals surface area contributed by atoms with E-state index in [1.165, 1.54) is 6.07 Å². The number of piperidine rings is 1. The maximum absolute atomic E-state index is 14.4. The number of amides is 1. The van der Waals surface area contributed by atoms with Crippen molar-refractivity contribution in [3.63, 3.8) is 0 Å². The lowest BCUT2D eigenvalue weighted by Crippen LogP contribution is -2.49. The summed E-state index contributed by atoms with van der Waals surface area (Å²) in [5.74, 6) is -9.57. The van der Waals surface area contributed by atoms with Gasteiger partial charge in [0.05, 0.1) is 12.0 Å². The summed E-state index contributed by atoms with van der Waals surface area (Å²) in [5, 5.41) is 11.5. The number of anilines is 2. The molecule has 2 heterocycles.